The van der Waals surface area contributed by atoms with Crippen molar-refractivity contribution in [3.05, 3.63) is 11.0 Å². The molecule has 0 aliphatic rings. The summed E-state index contributed by atoms with van der Waals surface area (Å²) in [5, 5.41) is 1.23. The van der Waals surface area contributed by atoms with Gasteiger partial charge in [0.25, 0.3) is 5.78 Å². The van der Waals surface area contributed by atoms with Crippen molar-refractivity contribution < 1.29 is 18.0 Å². The molecule has 5 heteroatoms. The van der Waals surface area contributed by atoms with E-state index in [2.05, 4.69) is 0 Å². The van der Waals surface area contributed by atoms with Crippen LogP contribution in [0.15, 0.2) is 11.0 Å². The quantitative estimate of drug-likeness (QED) is 0.648. The van der Waals surface area contributed by atoms with E-state index in [1.807, 2.05) is 0 Å². The number of rotatable bonds is 3. The maximum absolute atomic E-state index is 11.8. The Hall–Kier alpha value is -0.450. The number of Topliss-reactive ketones (excluding diaryl/α,β-unsaturated/α-hetero) is 1. The van der Waals surface area contributed by atoms with E-state index in [4.69, 9.17) is 0 Å². The zero-order chi connectivity index (χ0) is 9.78. The molecule has 0 amide bonds. The van der Waals surface area contributed by atoms with Gasteiger partial charge in [-0.3, -0.25) is 4.79 Å². The lowest BCUT2D eigenvalue weighted by molar-refractivity contribution is -0.166. The van der Waals surface area contributed by atoms with E-state index in [0.717, 1.165) is 11.8 Å². The standard InChI is InChI=1S/C7H9F3OS/c1-3-5(4-12-2)6(11)7(8,9)10/h4H,3H2,1-2H3. The van der Waals surface area contributed by atoms with E-state index >= 15 is 0 Å². The van der Waals surface area contributed by atoms with E-state index in [-0.39, 0.29) is 12.0 Å². The van der Waals surface area contributed by atoms with Crippen molar-refractivity contribution in [3.8, 4) is 0 Å². The van der Waals surface area contributed by atoms with Gasteiger partial charge in [0.1, 0.15) is 0 Å². The normalized spacial score (nSPS) is 13.2. The molecule has 0 aliphatic carbocycles. The summed E-state index contributed by atoms with van der Waals surface area (Å²) < 4.78 is 35.4. The molecule has 0 saturated carbocycles. The maximum Gasteiger partial charge on any atom is 0.454 e. The Labute approximate surface area is 73.0 Å². The fraction of sp³-hybridized carbons (Fsp3) is 0.571. The van der Waals surface area contributed by atoms with Crippen molar-refractivity contribution in [2.75, 3.05) is 6.26 Å². The lowest BCUT2D eigenvalue weighted by Gasteiger charge is -2.06. The Morgan fingerprint density at radius 2 is 2.00 bits per heavy atom. The van der Waals surface area contributed by atoms with Crippen molar-refractivity contribution in [1.29, 1.82) is 0 Å². The number of carbonyl (C=O) groups excluding carboxylic acids is 1. The number of thioether (sulfide) groups is 1. The molecule has 70 valence electrons. The molecule has 0 bridgehead atoms. The summed E-state index contributed by atoms with van der Waals surface area (Å²) >= 11 is 1.10. The molecule has 0 unspecified atom stereocenters. The van der Waals surface area contributed by atoms with Crippen LogP contribution in [0.2, 0.25) is 0 Å². The van der Waals surface area contributed by atoms with Gasteiger partial charge in [-0.1, -0.05) is 6.92 Å². The first kappa shape index (κ1) is 11.6. The molecule has 0 aromatic carbocycles. The Bertz CT molecular complexity index is 195. The molecule has 0 aliphatic heterocycles. The summed E-state index contributed by atoms with van der Waals surface area (Å²) in [6.45, 7) is 1.52. The number of ketones is 1. The number of carbonyl (C=O) groups is 1. The summed E-state index contributed by atoms with van der Waals surface area (Å²) in [4.78, 5) is 10.6. The van der Waals surface area contributed by atoms with Gasteiger partial charge in [0.05, 0.1) is 0 Å². The topological polar surface area (TPSA) is 17.1 Å². The third-order valence-corrected chi connectivity index (χ3v) is 1.71. The summed E-state index contributed by atoms with van der Waals surface area (Å²) in [5.74, 6) is -1.74. The highest BCUT2D eigenvalue weighted by molar-refractivity contribution is 8.01. The van der Waals surface area contributed by atoms with Gasteiger partial charge in [0.2, 0.25) is 0 Å². The van der Waals surface area contributed by atoms with E-state index in [9.17, 15) is 18.0 Å². The second-order valence-electron chi connectivity index (χ2n) is 2.06. The minimum atomic E-state index is -4.74. The van der Waals surface area contributed by atoms with E-state index in [1.54, 1.807) is 6.26 Å². The fourth-order valence-corrected chi connectivity index (χ4v) is 1.18. The predicted molar refractivity (Wildman–Crippen MR) is 43.0 cm³/mol. The number of allylic oxidation sites excluding steroid dienone is 1. The van der Waals surface area contributed by atoms with Crippen molar-refractivity contribution in [3.63, 3.8) is 0 Å². The first-order chi connectivity index (χ1) is 5.43. The van der Waals surface area contributed by atoms with Crippen molar-refractivity contribution in [2.24, 2.45) is 0 Å². The van der Waals surface area contributed by atoms with Crippen LogP contribution < -0.4 is 0 Å². The highest BCUT2D eigenvalue weighted by Crippen LogP contribution is 2.23. The minimum Gasteiger partial charge on any atom is -0.284 e. The molecule has 0 heterocycles. The van der Waals surface area contributed by atoms with Crippen molar-refractivity contribution >= 4 is 17.5 Å². The van der Waals surface area contributed by atoms with Gasteiger partial charge in [-0.2, -0.15) is 13.2 Å². The second-order valence-corrected chi connectivity index (χ2v) is 2.77. The van der Waals surface area contributed by atoms with Crippen LogP contribution in [-0.2, 0) is 4.79 Å². The highest BCUT2D eigenvalue weighted by Gasteiger charge is 2.39. The van der Waals surface area contributed by atoms with E-state index in [1.165, 1.54) is 12.3 Å². The molecular weight excluding hydrogens is 189 g/mol. The van der Waals surface area contributed by atoms with Crippen LogP contribution >= 0.6 is 11.8 Å². The van der Waals surface area contributed by atoms with Gasteiger partial charge in [-0.05, 0) is 18.1 Å². The summed E-state index contributed by atoms with van der Waals surface area (Å²) in [5.41, 5.74) is -0.185. The Morgan fingerprint density at radius 3 is 2.25 bits per heavy atom. The van der Waals surface area contributed by atoms with Crippen LogP contribution in [0.4, 0.5) is 13.2 Å². The molecule has 0 fully saturated rings. The predicted octanol–water partition coefficient (Wildman–Crippen LogP) is 2.77. The van der Waals surface area contributed by atoms with Gasteiger partial charge in [0, 0.05) is 5.57 Å². The third kappa shape index (κ3) is 3.30. The summed E-state index contributed by atoms with van der Waals surface area (Å²) in [6.07, 6.45) is -3.02. The lowest BCUT2D eigenvalue weighted by atomic mass is 10.1. The average Bonchev–Trinajstić information content (AvgIpc) is 1.97. The molecule has 0 atom stereocenters. The molecule has 1 nitrogen and oxygen atoms in total. The number of hydrogen-bond acceptors (Lipinski definition) is 2. The van der Waals surface area contributed by atoms with Crippen LogP contribution in [0.5, 0.6) is 0 Å². The van der Waals surface area contributed by atoms with Crippen LogP contribution in [0.3, 0.4) is 0 Å². The largest absolute Gasteiger partial charge is 0.454 e. The summed E-state index contributed by atoms with van der Waals surface area (Å²) in [6, 6.07) is 0. The molecule has 0 saturated heterocycles. The zero-order valence-corrected chi connectivity index (χ0v) is 7.55. The number of hydrogen-bond donors (Lipinski definition) is 0. The van der Waals surface area contributed by atoms with Crippen LogP contribution in [0.1, 0.15) is 13.3 Å². The second kappa shape index (κ2) is 4.54. The molecule has 0 rings (SSSR count). The highest BCUT2D eigenvalue weighted by atomic mass is 32.2. The first-order valence-corrected chi connectivity index (χ1v) is 4.55. The van der Waals surface area contributed by atoms with Crippen molar-refractivity contribution in [1.82, 2.24) is 0 Å². The Morgan fingerprint density at radius 1 is 1.50 bits per heavy atom. The van der Waals surface area contributed by atoms with Crippen LogP contribution in [0.25, 0.3) is 0 Å². The van der Waals surface area contributed by atoms with Crippen molar-refractivity contribution in [2.45, 2.75) is 19.5 Å². The maximum atomic E-state index is 11.8. The number of halogens is 3. The monoisotopic (exact) mass is 198 g/mol. The van der Waals surface area contributed by atoms with Gasteiger partial charge in [-0.15, -0.1) is 11.8 Å². The van der Waals surface area contributed by atoms with Gasteiger partial charge < -0.3 is 0 Å². The molecule has 0 aromatic heterocycles. The Kier molecular flexibility index (Phi) is 4.37. The molecule has 0 spiro atoms. The molecular formula is C7H9F3OS. The fourth-order valence-electron chi connectivity index (χ4n) is 0.622. The third-order valence-electron chi connectivity index (χ3n) is 1.19. The summed E-state index contributed by atoms with van der Waals surface area (Å²) in [7, 11) is 0. The van der Waals surface area contributed by atoms with Crippen LogP contribution in [0, 0.1) is 0 Å². The van der Waals surface area contributed by atoms with Gasteiger partial charge >= 0.3 is 6.18 Å². The lowest BCUT2D eigenvalue weighted by Crippen LogP contribution is -2.24. The minimum absolute atomic E-state index is 0.110. The molecule has 0 N–H and O–H groups in total. The molecule has 12 heavy (non-hydrogen) atoms. The molecule has 0 aromatic rings. The first-order valence-electron chi connectivity index (χ1n) is 3.26. The van der Waals surface area contributed by atoms with Gasteiger partial charge in [-0.25, -0.2) is 0 Å². The van der Waals surface area contributed by atoms with Crippen LogP contribution in [-0.4, -0.2) is 18.2 Å². The van der Waals surface area contributed by atoms with E-state index < -0.39 is 12.0 Å². The average molecular weight is 198 g/mol. The van der Waals surface area contributed by atoms with E-state index in [0.29, 0.717) is 0 Å². The zero-order valence-electron chi connectivity index (χ0n) is 6.73. The number of alkyl halides is 3. The smallest absolute Gasteiger partial charge is 0.284 e. The van der Waals surface area contributed by atoms with Gasteiger partial charge in [0.15, 0.2) is 0 Å². The Balaban J connectivity index is 4.55. The SMILES string of the molecule is CCC(=CSC)C(=O)C(F)(F)F. The molecule has 0 radical (unpaired) electrons.